The van der Waals surface area contributed by atoms with Gasteiger partial charge in [-0.25, -0.2) is 4.99 Å². The van der Waals surface area contributed by atoms with Gasteiger partial charge in [-0.3, -0.25) is 9.59 Å². The van der Waals surface area contributed by atoms with Gasteiger partial charge in [0.2, 0.25) is 0 Å². The highest BCUT2D eigenvalue weighted by molar-refractivity contribution is 9.10. The molecule has 1 unspecified atom stereocenters. The molecule has 140 valence electrons. The van der Waals surface area contributed by atoms with E-state index in [1.54, 1.807) is 11.3 Å². The predicted octanol–water partition coefficient (Wildman–Crippen LogP) is 6.35. The van der Waals surface area contributed by atoms with Crippen molar-refractivity contribution in [2.75, 3.05) is 0 Å². The Morgan fingerprint density at radius 1 is 1.22 bits per heavy atom. The number of aliphatic imine (C=N–C) groups is 1. The van der Waals surface area contributed by atoms with Crippen LogP contribution in [0.3, 0.4) is 0 Å². The van der Waals surface area contributed by atoms with Gasteiger partial charge in [0.05, 0.1) is 11.5 Å². The summed E-state index contributed by atoms with van der Waals surface area (Å²) in [4.78, 5) is 31.9. The molecule has 27 heavy (non-hydrogen) atoms. The zero-order chi connectivity index (χ0) is 19.0. The van der Waals surface area contributed by atoms with E-state index in [0.717, 1.165) is 40.0 Å². The largest absolute Gasteiger partial charge is 0.294 e. The lowest BCUT2D eigenvalue weighted by molar-refractivity contribution is 0.0942. The number of Topliss-reactive ketones (excluding diaryl/α,β-unsaturated/α-hetero) is 2. The molecule has 5 heteroatoms. The molecule has 1 aliphatic heterocycles. The van der Waals surface area contributed by atoms with Crippen molar-refractivity contribution in [3.05, 3.63) is 50.3 Å². The first-order valence-corrected chi connectivity index (χ1v) is 11.2. The summed E-state index contributed by atoms with van der Waals surface area (Å²) < 4.78 is 0.960. The smallest absolute Gasteiger partial charge is 0.174 e. The normalized spacial score (nSPS) is 18.7. The summed E-state index contributed by atoms with van der Waals surface area (Å²) in [5.41, 5.74) is 3.75. The van der Waals surface area contributed by atoms with Gasteiger partial charge in [-0.1, -0.05) is 35.0 Å². The molecule has 2 heterocycles. The Hall–Kier alpha value is -1.59. The van der Waals surface area contributed by atoms with E-state index in [1.807, 2.05) is 31.2 Å². The summed E-state index contributed by atoms with van der Waals surface area (Å²) >= 11 is 5.08. The summed E-state index contributed by atoms with van der Waals surface area (Å²) in [6.45, 7) is 2.04. The minimum Gasteiger partial charge on any atom is -0.294 e. The third-order valence-electron chi connectivity index (χ3n) is 5.55. The number of hydrogen-bond acceptors (Lipinski definition) is 4. The molecule has 3 nitrogen and oxygen atoms in total. The molecule has 0 bridgehead atoms. The van der Waals surface area contributed by atoms with Gasteiger partial charge in [-0.15, -0.1) is 11.3 Å². The first-order chi connectivity index (χ1) is 13.1. The van der Waals surface area contributed by atoms with Crippen LogP contribution in [0.2, 0.25) is 0 Å². The van der Waals surface area contributed by atoms with Crippen molar-refractivity contribution in [2.24, 2.45) is 10.9 Å². The van der Waals surface area contributed by atoms with Crippen LogP contribution in [-0.2, 0) is 12.8 Å². The van der Waals surface area contributed by atoms with Gasteiger partial charge in [-0.05, 0) is 56.2 Å². The monoisotopic (exact) mass is 443 g/mol. The Morgan fingerprint density at radius 3 is 2.70 bits per heavy atom. The number of aryl methyl sites for hydroxylation is 1. The average Bonchev–Trinajstić information content (AvgIpc) is 3.05. The second kappa shape index (κ2) is 7.80. The molecule has 0 saturated carbocycles. The van der Waals surface area contributed by atoms with E-state index in [-0.39, 0.29) is 17.5 Å². The Morgan fingerprint density at radius 2 is 1.96 bits per heavy atom. The molecule has 4 rings (SSSR count). The molecule has 0 spiro atoms. The maximum Gasteiger partial charge on any atom is 0.174 e. The lowest BCUT2D eigenvalue weighted by Crippen LogP contribution is -2.28. The fourth-order valence-electron chi connectivity index (χ4n) is 4.09. The SMILES string of the molecule is CCC1C(=O)c2c(sc3c2CCCC3)N=C1CCC(=O)c1ccc(Br)cc1. The lowest BCUT2D eigenvalue weighted by Gasteiger charge is -2.22. The van der Waals surface area contributed by atoms with Gasteiger partial charge < -0.3 is 0 Å². The first-order valence-electron chi connectivity index (χ1n) is 9.63. The van der Waals surface area contributed by atoms with Gasteiger partial charge in [0.15, 0.2) is 11.6 Å². The summed E-state index contributed by atoms with van der Waals surface area (Å²) in [6, 6.07) is 7.43. The van der Waals surface area contributed by atoms with Gasteiger partial charge in [-0.2, -0.15) is 0 Å². The van der Waals surface area contributed by atoms with E-state index in [9.17, 15) is 9.59 Å². The van der Waals surface area contributed by atoms with Crippen LogP contribution in [-0.4, -0.2) is 17.3 Å². The van der Waals surface area contributed by atoms with Crippen LogP contribution in [0.4, 0.5) is 5.00 Å². The molecule has 0 radical (unpaired) electrons. The fraction of sp³-hybridized carbons (Fsp3) is 0.409. The quantitative estimate of drug-likeness (QED) is 0.505. The second-order valence-corrected chi connectivity index (χ2v) is 9.25. The van der Waals surface area contributed by atoms with Crippen molar-refractivity contribution >= 4 is 49.5 Å². The van der Waals surface area contributed by atoms with E-state index >= 15 is 0 Å². The number of rotatable bonds is 5. The molecule has 1 aliphatic carbocycles. The molecule has 0 N–H and O–H groups in total. The van der Waals surface area contributed by atoms with E-state index < -0.39 is 0 Å². The molecule has 2 aromatic rings. The van der Waals surface area contributed by atoms with E-state index in [4.69, 9.17) is 4.99 Å². The van der Waals surface area contributed by atoms with E-state index in [2.05, 4.69) is 15.9 Å². The minimum absolute atomic E-state index is 0.101. The van der Waals surface area contributed by atoms with Crippen LogP contribution in [0.5, 0.6) is 0 Å². The summed E-state index contributed by atoms with van der Waals surface area (Å²) in [7, 11) is 0. The van der Waals surface area contributed by atoms with Crippen molar-refractivity contribution in [1.82, 2.24) is 0 Å². The van der Waals surface area contributed by atoms with Crippen LogP contribution >= 0.6 is 27.3 Å². The molecule has 0 saturated heterocycles. The van der Waals surface area contributed by atoms with E-state index in [1.165, 1.54) is 23.3 Å². The van der Waals surface area contributed by atoms with E-state index in [0.29, 0.717) is 18.4 Å². The Kier molecular flexibility index (Phi) is 5.42. The minimum atomic E-state index is -0.171. The van der Waals surface area contributed by atoms with Crippen molar-refractivity contribution < 1.29 is 9.59 Å². The maximum atomic E-state index is 13.2. The maximum absolute atomic E-state index is 13.2. The van der Waals surface area contributed by atoms with Crippen LogP contribution in [0.25, 0.3) is 0 Å². The van der Waals surface area contributed by atoms with Crippen LogP contribution in [0.1, 0.15) is 70.2 Å². The van der Waals surface area contributed by atoms with Crippen LogP contribution in [0.15, 0.2) is 33.7 Å². The number of ketones is 2. The molecular formula is C22H22BrNO2S. The lowest BCUT2D eigenvalue weighted by atomic mass is 9.83. The standard InChI is InChI=1S/C22H22BrNO2S/c1-2-15-17(11-12-18(25)13-7-9-14(23)10-8-13)24-22-20(21(15)26)16-5-3-4-6-19(16)27-22/h7-10,15H,2-6,11-12H2,1H3. The van der Waals surface area contributed by atoms with Gasteiger partial charge in [0, 0.05) is 27.0 Å². The van der Waals surface area contributed by atoms with Crippen LogP contribution in [0, 0.1) is 5.92 Å². The Labute approximate surface area is 172 Å². The summed E-state index contributed by atoms with van der Waals surface area (Å²) in [5.74, 6) is 0.160. The van der Waals surface area contributed by atoms with Gasteiger partial charge in [0.1, 0.15) is 5.00 Å². The number of carbonyl (C=O) groups is 2. The third kappa shape index (κ3) is 3.59. The number of hydrogen-bond donors (Lipinski definition) is 0. The Bertz CT molecular complexity index is 927. The zero-order valence-corrected chi connectivity index (χ0v) is 17.8. The van der Waals surface area contributed by atoms with Gasteiger partial charge >= 0.3 is 0 Å². The first kappa shape index (κ1) is 18.8. The number of halogens is 1. The average molecular weight is 444 g/mol. The fourth-order valence-corrected chi connectivity index (χ4v) is 5.65. The predicted molar refractivity (Wildman–Crippen MR) is 114 cm³/mol. The summed E-state index contributed by atoms with van der Waals surface area (Å²) in [5, 5.41) is 0.891. The topological polar surface area (TPSA) is 46.5 Å². The van der Waals surface area contributed by atoms with Crippen molar-refractivity contribution in [3.63, 3.8) is 0 Å². The third-order valence-corrected chi connectivity index (χ3v) is 7.26. The zero-order valence-electron chi connectivity index (χ0n) is 15.4. The summed E-state index contributed by atoms with van der Waals surface area (Å²) in [6.07, 6.45) is 6.15. The van der Waals surface area contributed by atoms with Crippen LogP contribution < -0.4 is 0 Å². The second-order valence-electron chi connectivity index (χ2n) is 7.25. The molecule has 1 aromatic carbocycles. The Balaban J connectivity index is 1.58. The molecular weight excluding hydrogens is 422 g/mol. The molecule has 1 atom stereocenters. The van der Waals surface area contributed by atoms with Crippen molar-refractivity contribution in [1.29, 1.82) is 0 Å². The highest BCUT2D eigenvalue weighted by Crippen LogP contribution is 2.44. The number of benzene rings is 1. The number of carbonyl (C=O) groups excluding carboxylic acids is 2. The van der Waals surface area contributed by atoms with Crippen molar-refractivity contribution in [3.8, 4) is 0 Å². The van der Waals surface area contributed by atoms with Gasteiger partial charge in [0.25, 0.3) is 0 Å². The highest BCUT2D eigenvalue weighted by atomic mass is 79.9. The molecule has 0 amide bonds. The van der Waals surface area contributed by atoms with Crippen molar-refractivity contribution in [2.45, 2.75) is 51.9 Å². The number of thiophene rings is 1. The number of nitrogens with zero attached hydrogens (tertiary/aromatic N) is 1. The molecule has 1 aromatic heterocycles. The highest BCUT2D eigenvalue weighted by Gasteiger charge is 2.35. The molecule has 2 aliphatic rings. The number of fused-ring (bicyclic) bond motifs is 3. The molecule has 0 fully saturated rings.